The summed E-state index contributed by atoms with van der Waals surface area (Å²) in [5.41, 5.74) is 1.83. The monoisotopic (exact) mass is 447 g/mol. The number of halogens is 2. The lowest BCUT2D eigenvalue weighted by Gasteiger charge is -2.12. The molecule has 0 aromatic heterocycles. The Bertz CT molecular complexity index is 1180. The summed E-state index contributed by atoms with van der Waals surface area (Å²) in [4.78, 5) is 12.6. The minimum Gasteiger partial charge on any atom is -0.497 e. The number of methoxy groups -OCH3 is 1. The molecule has 2 N–H and O–H groups in total. The molecule has 8 heteroatoms. The predicted octanol–water partition coefficient (Wildman–Crippen LogP) is 4.15. The van der Waals surface area contributed by atoms with Crippen LogP contribution in [0.5, 0.6) is 5.75 Å². The second kappa shape index (κ2) is 8.95. The molecule has 0 spiro atoms. The van der Waals surface area contributed by atoms with E-state index in [0.717, 1.165) is 5.56 Å². The van der Waals surface area contributed by atoms with Gasteiger partial charge in [-0.15, -0.1) is 0 Å². The van der Waals surface area contributed by atoms with Crippen LogP contribution in [0.1, 0.15) is 27.0 Å². The highest BCUT2D eigenvalue weighted by molar-refractivity contribution is 7.89. The number of sulfonamides is 1. The fourth-order valence-corrected chi connectivity index (χ4v) is 4.21. The molecular formula is C22H19ClFNO4S. The van der Waals surface area contributed by atoms with E-state index < -0.39 is 10.0 Å². The van der Waals surface area contributed by atoms with Gasteiger partial charge in [-0.25, -0.2) is 17.9 Å². The van der Waals surface area contributed by atoms with Gasteiger partial charge in [0.25, 0.3) is 0 Å². The minimum absolute atomic E-state index is 0.0223. The molecule has 156 valence electrons. The summed E-state index contributed by atoms with van der Waals surface area (Å²) in [6.45, 7) is 0. The van der Waals surface area contributed by atoms with Crippen molar-refractivity contribution in [2.75, 3.05) is 7.11 Å². The third-order valence-electron chi connectivity index (χ3n) is 4.63. The summed E-state index contributed by atoms with van der Waals surface area (Å²) in [6, 6.07) is 15.2. The van der Waals surface area contributed by atoms with Crippen LogP contribution in [-0.4, -0.2) is 21.3 Å². The Kier molecular flexibility index (Phi) is 6.55. The van der Waals surface area contributed by atoms with E-state index in [2.05, 4.69) is 0 Å². The lowest BCUT2D eigenvalue weighted by atomic mass is 9.98. The molecule has 30 heavy (non-hydrogen) atoms. The van der Waals surface area contributed by atoms with Crippen molar-refractivity contribution in [2.45, 2.75) is 17.7 Å². The van der Waals surface area contributed by atoms with Crippen molar-refractivity contribution < 1.29 is 22.3 Å². The quantitative estimate of drug-likeness (QED) is 0.551. The van der Waals surface area contributed by atoms with E-state index in [1.807, 2.05) is 0 Å². The van der Waals surface area contributed by atoms with Crippen LogP contribution in [0.25, 0.3) is 0 Å². The van der Waals surface area contributed by atoms with E-state index >= 15 is 0 Å². The molecule has 3 aromatic carbocycles. The van der Waals surface area contributed by atoms with E-state index in [1.165, 1.54) is 25.3 Å². The zero-order valence-electron chi connectivity index (χ0n) is 16.1. The zero-order chi connectivity index (χ0) is 21.9. The standard InChI is InChI=1S/C22H19ClFNO4S/c1-29-19-10-6-15(7-11-19)22(26)17-12-16(21(23)20(13-17)30(25,27)28)5-2-14-3-8-18(24)9-4-14/h3-4,6-13H,2,5H2,1H3,(H2,25,27,28). The van der Waals surface area contributed by atoms with Crippen molar-refractivity contribution in [3.63, 3.8) is 0 Å². The molecule has 0 radical (unpaired) electrons. The second-order valence-electron chi connectivity index (χ2n) is 6.68. The first-order valence-electron chi connectivity index (χ1n) is 8.97. The van der Waals surface area contributed by atoms with E-state index in [4.69, 9.17) is 21.5 Å². The van der Waals surface area contributed by atoms with Crippen LogP contribution in [0.15, 0.2) is 65.6 Å². The Labute approximate surface area is 179 Å². The Morgan fingerprint density at radius 2 is 1.63 bits per heavy atom. The summed E-state index contributed by atoms with van der Waals surface area (Å²) in [6.07, 6.45) is 0.820. The van der Waals surface area contributed by atoms with E-state index in [-0.39, 0.29) is 27.1 Å². The molecule has 0 aliphatic rings. The Hall–Kier alpha value is -2.74. The predicted molar refractivity (Wildman–Crippen MR) is 113 cm³/mol. The maximum atomic E-state index is 13.1. The molecular weight excluding hydrogens is 429 g/mol. The maximum absolute atomic E-state index is 13.1. The fourth-order valence-electron chi connectivity index (χ4n) is 3.01. The van der Waals surface area contributed by atoms with Gasteiger partial charge in [0.1, 0.15) is 16.5 Å². The van der Waals surface area contributed by atoms with Gasteiger partial charge in [-0.05, 0) is 72.5 Å². The topological polar surface area (TPSA) is 86.5 Å². The number of ketones is 1. The first-order valence-corrected chi connectivity index (χ1v) is 10.9. The van der Waals surface area contributed by atoms with Crippen molar-refractivity contribution in [3.05, 3.63) is 93.8 Å². The third-order valence-corrected chi connectivity index (χ3v) is 6.13. The van der Waals surface area contributed by atoms with E-state index in [9.17, 15) is 17.6 Å². The first kappa shape index (κ1) is 22.0. The van der Waals surface area contributed by atoms with E-state index in [1.54, 1.807) is 42.5 Å². The molecule has 0 aliphatic heterocycles. The average molecular weight is 448 g/mol. The number of nitrogens with two attached hydrogens (primary N) is 1. The molecule has 0 fully saturated rings. The lowest BCUT2D eigenvalue weighted by Crippen LogP contribution is -2.15. The molecule has 0 unspecified atom stereocenters. The van der Waals surface area contributed by atoms with Crippen molar-refractivity contribution >= 4 is 27.4 Å². The summed E-state index contributed by atoms with van der Waals surface area (Å²) < 4.78 is 42.3. The number of primary sulfonamides is 1. The number of hydrogen-bond acceptors (Lipinski definition) is 4. The van der Waals surface area contributed by atoms with Crippen LogP contribution < -0.4 is 9.88 Å². The van der Waals surface area contributed by atoms with Crippen LogP contribution in [0.4, 0.5) is 4.39 Å². The minimum atomic E-state index is -4.15. The van der Waals surface area contributed by atoms with Crippen molar-refractivity contribution in [2.24, 2.45) is 5.14 Å². The average Bonchev–Trinajstić information content (AvgIpc) is 2.73. The molecule has 0 amide bonds. The van der Waals surface area contributed by atoms with Gasteiger partial charge < -0.3 is 4.74 Å². The van der Waals surface area contributed by atoms with Gasteiger partial charge >= 0.3 is 0 Å². The lowest BCUT2D eigenvalue weighted by molar-refractivity contribution is 0.103. The van der Waals surface area contributed by atoms with Gasteiger partial charge in [-0.2, -0.15) is 0 Å². The van der Waals surface area contributed by atoms with Crippen LogP contribution >= 0.6 is 11.6 Å². The fraction of sp³-hybridized carbons (Fsp3) is 0.136. The maximum Gasteiger partial charge on any atom is 0.239 e. The molecule has 0 saturated carbocycles. The molecule has 5 nitrogen and oxygen atoms in total. The molecule has 3 aromatic rings. The van der Waals surface area contributed by atoms with Crippen LogP contribution in [0.2, 0.25) is 5.02 Å². The van der Waals surface area contributed by atoms with E-state index in [0.29, 0.717) is 29.7 Å². The molecule has 0 aliphatic carbocycles. The highest BCUT2D eigenvalue weighted by Gasteiger charge is 2.21. The van der Waals surface area contributed by atoms with Gasteiger partial charge in [0, 0.05) is 11.1 Å². The summed E-state index contributed by atoms with van der Waals surface area (Å²) in [7, 11) is -2.63. The molecule has 0 saturated heterocycles. The Morgan fingerprint density at radius 1 is 1.00 bits per heavy atom. The molecule has 0 bridgehead atoms. The van der Waals surface area contributed by atoms with Gasteiger partial charge in [0.2, 0.25) is 10.0 Å². The van der Waals surface area contributed by atoms with Gasteiger partial charge in [-0.3, -0.25) is 4.79 Å². The number of rotatable bonds is 7. The molecule has 3 rings (SSSR count). The summed E-state index contributed by atoms with van der Waals surface area (Å²) in [5.74, 6) is -0.129. The number of aryl methyl sites for hydroxylation is 2. The van der Waals surface area contributed by atoms with Gasteiger partial charge in [0.05, 0.1) is 12.1 Å². The number of ether oxygens (including phenoxy) is 1. The smallest absolute Gasteiger partial charge is 0.239 e. The number of carbonyl (C=O) groups excluding carboxylic acids is 1. The normalized spacial score (nSPS) is 11.3. The summed E-state index contributed by atoms with van der Waals surface area (Å²) in [5, 5.41) is 5.29. The highest BCUT2D eigenvalue weighted by Crippen LogP contribution is 2.29. The zero-order valence-corrected chi connectivity index (χ0v) is 17.6. The Balaban J connectivity index is 1.99. The Morgan fingerprint density at radius 3 is 2.20 bits per heavy atom. The SMILES string of the molecule is COc1ccc(C(=O)c2cc(CCc3ccc(F)cc3)c(Cl)c(S(N)(=O)=O)c2)cc1. The van der Waals surface area contributed by atoms with Crippen molar-refractivity contribution in [1.82, 2.24) is 0 Å². The highest BCUT2D eigenvalue weighted by atomic mass is 35.5. The van der Waals surface area contributed by atoms with Crippen molar-refractivity contribution in [3.8, 4) is 5.75 Å². The largest absolute Gasteiger partial charge is 0.497 e. The second-order valence-corrected chi connectivity index (χ2v) is 8.58. The van der Waals surface area contributed by atoms with Crippen LogP contribution in [0.3, 0.4) is 0 Å². The van der Waals surface area contributed by atoms with Crippen LogP contribution in [0, 0.1) is 5.82 Å². The van der Waals surface area contributed by atoms with Gasteiger partial charge in [0.15, 0.2) is 5.78 Å². The van der Waals surface area contributed by atoms with Crippen molar-refractivity contribution in [1.29, 1.82) is 0 Å². The number of carbonyl (C=O) groups is 1. The van der Waals surface area contributed by atoms with Crippen LogP contribution in [-0.2, 0) is 22.9 Å². The third kappa shape index (κ3) is 5.05. The summed E-state index contributed by atoms with van der Waals surface area (Å²) >= 11 is 6.30. The molecule has 0 heterocycles. The number of benzene rings is 3. The first-order chi connectivity index (χ1) is 14.2. The number of hydrogen-bond donors (Lipinski definition) is 1. The van der Waals surface area contributed by atoms with Gasteiger partial charge in [-0.1, -0.05) is 23.7 Å². The molecule has 0 atom stereocenters.